The molecule has 0 aromatic rings. The molecule has 6 atom stereocenters. The van der Waals surface area contributed by atoms with Crippen molar-refractivity contribution in [1.29, 1.82) is 0 Å². The van der Waals surface area contributed by atoms with Crippen molar-refractivity contribution in [3.8, 4) is 0 Å². The highest BCUT2D eigenvalue weighted by Gasteiger charge is 2.63. The number of hydrogen-bond acceptors (Lipinski definition) is 5. The Morgan fingerprint density at radius 2 is 1.93 bits per heavy atom. The maximum absolute atomic E-state index is 13.6. The van der Waals surface area contributed by atoms with E-state index in [0.29, 0.717) is 36.7 Å². The Hall–Kier alpha value is -1.20. The number of hydroxylamine groups is 1. The number of nitrogens with two attached hydrogens (primary N) is 1. The maximum Gasteiger partial charge on any atom is 0.166 e. The summed E-state index contributed by atoms with van der Waals surface area (Å²) in [4.78, 5) is 32.2. The SMILES string of the molecule is CC1=C(NOCCN)CC2CC(=O)[C@H]3[C@@H]4CCC[C@@]4(C)CC[C@@H]3[C@@]2(C)C1=O. The summed E-state index contributed by atoms with van der Waals surface area (Å²) in [5, 5.41) is 0. The molecule has 4 aliphatic carbocycles. The summed E-state index contributed by atoms with van der Waals surface area (Å²) in [6.07, 6.45) is 7.07. The van der Waals surface area contributed by atoms with Crippen LogP contribution in [-0.2, 0) is 14.4 Å². The quantitative estimate of drug-likeness (QED) is 0.584. The standard InChI is InChI=1S/C22H34N2O3/c1-13-17(24-27-10-9-23)11-14-12-18(25)19-15-5-4-7-21(15,2)8-6-16(19)22(14,3)20(13)26/h14-16,19,24H,4-12,23H2,1-3H3/t14?,15-,16-,19-,21-,22-/m0/s1. The van der Waals surface area contributed by atoms with E-state index in [9.17, 15) is 9.59 Å². The first-order chi connectivity index (χ1) is 12.8. The number of rotatable bonds is 4. The van der Waals surface area contributed by atoms with Crippen molar-refractivity contribution in [3.63, 3.8) is 0 Å². The Morgan fingerprint density at radius 3 is 2.67 bits per heavy atom. The average molecular weight is 375 g/mol. The van der Waals surface area contributed by atoms with Gasteiger partial charge in [0.25, 0.3) is 0 Å². The lowest BCUT2D eigenvalue weighted by atomic mass is 9.44. The topological polar surface area (TPSA) is 81.4 Å². The number of fused-ring (bicyclic) bond motifs is 5. The van der Waals surface area contributed by atoms with Gasteiger partial charge in [-0.1, -0.05) is 20.3 Å². The second-order valence-electron chi connectivity index (χ2n) is 9.85. The molecule has 0 amide bonds. The van der Waals surface area contributed by atoms with Crippen LogP contribution in [-0.4, -0.2) is 24.7 Å². The highest BCUT2D eigenvalue weighted by Crippen LogP contribution is 2.64. The molecule has 3 N–H and O–H groups in total. The molecule has 0 spiro atoms. The van der Waals surface area contributed by atoms with Gasteiger partial charge < -0.3 is 5.73 Å². The van der Waals surface area contributed by atoms with Gasteiger partial charge in [0.2, 0.25) is 0 Å². The first kappa shape index (κ1) is 19.1. The third-order valence-electron chi connectivity index (χ3n) is 8.64. The second-order valence-corrected chi connectivity index (χ2v) is 9.85. The van der Waals surface area contributed by atoms with E-state index in [1.807, 2.05) is 6.92 Å². The normalized spacial score (nSPS) is 44.0. The van der Waals surface area contributed by atoms with Gasteiger partial charge in [0.15, 0.2) is 5.78 Å². The Balaban J connectivity index is 1.66. The van der Waals surface area contributed by atoms with Gasteiger partial charge in [-0.2, -0.15) is 0 Å². The van der Waals surface area contributed by atoms with Gasteiger partial charge in [0.1, 0.15) is 5.78 Å². The molecule has 3 fully saturated rings. The molecular formula is C22H34N2O3. The summed E-state index contributed by atoms with van der Waals surface area (Å²) in [5.74, 6) is 1.49. The largest absolute Gasteiger partial charge is 0.328 e. The monoisotopic (exact) mass is 374 g/mol. The van der Waals surface area contributed by atoms with Crippen molar-refractivity contribution >= 4 is 11.6 Å². The van der Waals surface area contributed by atoms with Crippen LogP contribution in [0.3, 0.4) is 0 Å². The van der Waals surface area contributed by atoms with Gasteiger partial charge in [-0.3, -0.25) is 19.9 Å². The van der Waals surface area contributed by atoms with Gasteiger partial charge in [0, 0.05) is 35.6 Å². The minimum atomic E-state index is -0.411. The van der Waals surface area contributed by atoms with Crippen LogP contribution in [0.5, 0.6) is 0 Å². The van der Waals surface area contributed by atoms with Gasteiger partial charge in [0.05, 0.1) is 6.61 Å². The van der Waals surface area contributed by atoms with Gasteiger partial charge in [-0.25, -0.2) is 0 Å². The molecule has 5 heteroatoms. The molecule has 4 aliphatic rings. The van der Waals surface area contributed by atoms with E-state index in [0.717, 1.165) is 37.0 Å². The van der Waals surface area contributed by atoms with Crippen LogP contribution >= 0.6 is 0 Å². The summed E-state index contributed by atoms with van der Waals surface area (Å²) >= 11 is 0. The molecular weight excluding hydrogens is 340 g/mol. The molecule has 0 aliphatic heterocycles. The molecule has 0 aromatic carbocycles. The molecule has 150 valence electrons. The van der Waals surface area contributed by atoms with Crippen LogP contribution in [0.2, 0.25) is 0 Å². The highest BCUT2D eigenvalue weighted by atomic mass is 16.6. The van der Waals surface area contributed by atoms with E-state index in [-0.39, 0.29) is 23.5 Å². The Bertz CT molecular complexity index is 687. The lowest BCUT2D eigenvalue weighted by Crippen LogP contribution is -2.59. The molecule has 5 nitrogen and oxygen atoms in total. The first-order valence-electron chi connectivity index (χ1n) is 10.7. The van der Waals surface area contributed by atoms with Crippen LogP contribution in [0, 0.1) is 34.5 Å². The molecule has 0 heterocycles. The number of nitrogens with one attached hydrogen (secondary N) is 1. The Morgan fingerprint density at radius 1 is 1.15 bits per heavy atom. The number of ketones is 2. The first-order valence-corrected chi connectivity index (χ1v) is 10.7. The van der Waals surface area contributed by atoms with E-state index in [1.165, 1.54) is 12.8 Å². The third kappa shape index (κ3) is 2.72. The average Bonchev–Trinajstić information content (AvgIpc) is 3.03. The lowest BCUT2D eigenvalue weighted by molar-refractivity contribution is -0.159. The number of hydrogen-bond donors (Lipinski definition) is 2. The van der Waals surface area contributed by atoms with Crippen molar-refractivity contribution in [2.75, 3.05) is 13.2 Å². The van der Waals surface area contributed by atoms with E-state index < -0.39 is 5.41 Å². The summed E-state index contributed by atoms with van der Waals surface area (Å²) in [6.45, 7) is 7.27. The van der Waals surface area contributed by atoms with Crippen LogP contribution in [0.15, 0.2) is 11.3 Å². The van der Waals surface area contributed by atoms with E-state index in [1.54, 1.807) is 0 Å². The maximum atomic E-state index is 13.6. The highest BCUT2D eigenvalue weighted by molar-refractivity contribution is 6.03. The number of Topliss-reactive ketones (excluding diaryl/α,β-unsaturated/α-hetero) is 2. The van der Waals surface area contributed by atoms with Crippen LogP contribution < -0.4 is 11.2 Å². The Kier molecular flexibility index (Phi) is 4.75. The van der Waals surface area contributed by atoms with Gasteiger partial charge in [-0.15, -0.1) is 0 Å². The van der Waals surface area contributed by atoms with Crippen molar-refractivity contribution in [2.24, 2.45) is 40.2 Å². The minimum Gasteiger partial charge on any atom is -0.328 e. The molecule has 1 unspecified atom stereocenters. The molecule has 0 aromatic heterocycles. The minimum absolute atomic E-state index is 0.0807. The predicted octanol–water partition coefficient (Wildman–Crippen LogP) is 3.14. The van der Waals surface area contributed by atoms with E-state index in [4.69, 9.17) is 10.6 Å². The molecule has 3 saturated carbocycles. The molecule has 0 saturated heterocycles. The molecule has 0 bridgehead atoms. The van der Waals surface area contributed by atoms with Crippen LogP contribution in [0.1, 0.15) is 65.7 Å². The summed E-state index contributed by atoms with van der Waals surface area (Å²) in [7, 11) is 0. The van der Waals surface area contributed by atoms with Crippen LogP contribution in [0.25, 0.3) is 0 Å². The second kappa shape index (κ2) is 6.70. The van der Waals surface area contributed by atoms with Crippen LogP contribution in [0.4, 0.5) is 0 Å². The molecule has 4 rings (SSSR count). The van der Waals surface area contributed by atoms with Crippen molar-refractivity contribution < 1.29 is 14.4 Å². The smallest absolute Gasteiger partial charge is 0.166 e. The zero-order chi connectivity index (χ0) is 19.4. The van der Waals surface area contributed by atoms with Crippen molar-refractivity contribution in [2.45, 2.75) is 65.7 Å². The fourth-order valence-corrected chi connectivity index (χ4v) is 7.04. The third-order valence-corrected chi connectivity index (χ3v) is 8.64. The lowest BCUT2D eigenvalue weighted by Gasteiger charge is -2.58. The Labute approximate surface area is 162 Å². The molecule has 27 heavy (non-hydrogen) atoms. The number of allylic oxidation sites excluding steroid dienone is 2. The van der Waals surface area contributed by atoms with Crippen molar-refractivity contribution in [3.05, 3.63) is 11.3 Å². The fraction of sp³-hybridized carbons (Fsp3) is 0.818. The van der Waals surface area contributed by atoms with E-state index >= 15 is 0 Å². The predicted molar refractivity (Wildman–Crippen MR) is 103 cm³/mol. The van der Waals surface area contributed by atoms with Gasteiger partial charge >= 0.3 is 0 Å². The summed E-state index contributed by atoms with van der Waals surface area (Å²) in [5.41, 5.74) is 9.95. The fourth-order valence-electron chi connectivity index (χ4n) is 7.04. The zero-order valence-electron chi connectivity index (χ0n) is 17.0. The number of carbonyl (C=O) groups excluding carboxylic acids is 2. The van der Waals surface area contributed by atoms with E-state index in [2.05, 4.69) is 19.3 Å². The summed E-state index contributed by atoms with van der Waals surface area (Å²) in [6, 6.07) is 0. The number of carbonyl (C=O) groups is 2. The zero-order valence-corrected chi connectivity index (χ0v) is 17.0. The van der Waals surface area contributed by atoms with Crippen molar-refractivity contribution in [1.82, 2.24) is 5.48 Å². The summed E-state index contributed by atoms with van der Waals surface area (Å²) < 4.78 is 0. The van der Waals surface area contributed by atoms with Gasteiger partial charge in [-0.05, 0) is 62.2 Å². The molecule has 0 radical (unpaired) electrons.